The summed E-state index contributed by atoms with van der Waals surface area (Å²) in [7, 11) is 6.18. The third kappa shape index (κ3) is 4.66. The van der Waals surface area contributed by atoms with Crippen molar-refractivity contribution in [2.24, 2.45) is 0 Å². The molecule has 1 aliphatic carbocycles. The van der Waals surface area contributed by atoms with E-state index in [4.69, 9.17) is 18.9 Å². The Hall–Kier alpha value is -2.94. The van der Waals surface area contributed by atoms with Crippen LogP contribution in [0.5, 0.6) is 23.0 Å². The number of likely N-dealkylation sites (tertiary alicyclic amines) is 1. The van der Waals surface area contributed by atoms with E-state index in [-0.39, 0.29) is 23.3 Å². The molecule has 1 N–H and O–H groups in total. The van der Waals surface area contributed by atoms with Gasteiger partial charge in [-0.25, -0.2) is 4.79 Å². The summed E-state index contributed by atoms with van der Waals surface area (Å²) in [5.41, 5.74) is 2.96. The molecular formula is C26H31BrN2O6. The molecule has 1 atom stereocenters. The summed E-state index contributed by atoms with van der Waals surface area (Å²) in [5.74, 6) is 1.70. The molecule has 1 saturated heterocycles. The molecule has 35 heavy (non-hydrogen) atoms. The van der Waals surface area contributed by atoms with Gasteiger partial charge in [0.1, 0.15) is 0 Å². The maximum Gasteiger partial charge on any atom is 0.317 e. The molecule has 1 aliphatic heterocycles. The number of nitrogens with one attached hydrogen (secondary N) is 1. The lowest BCUT2D eigenvalue weighted by Crippen LogP contribution is -2.44. The van der Waals surface area contributed by atoms with Gasteiger partial charge in [-0.15, -0.1) is 0 Å². The zero-order chi connectivity index (χ0) is 25.1. The molecule has 8 nitrogen and oxygen atoms in total. The van der Waals surface area contributed by atoms with Gasteiger partial charge in [-0.2, -0.15) is 0 Å². The smallest absolute Gasteiger partial charge is 0.317 e. The minimum Gasteiger partial charge on any atom is -0.493 e. The second kappa shape index (κ2) is 10.8. The molecule has 0 spiro atoms. The highest BCUT2D eigenvalue weighted by Crippen LogP contribution is 2.54. The zero-order valence-electron chi connectivity index (χ0n) is 20.5. The lowest BCUT2D eigenvalue weighted by Gasteiger charge is -2.29. The Balaban J connectivity index is 1.94. The number of methoxy groups -OCH3 is 4. The van der Waals surface area contributed by atoms with E-state index in [1.54, 1.807) is 33.5 Å². The van der Waals surface area contributed by atoms with E-state index in [1.165, 1.54) is 7.11 Å². The Bertz CT molecular complexity index is 1180. The Labute approximate surface area is 213 Å². The summed E-state index contributed by atoms with van der Waals surface area (Å²) >= 11 is 3.71. The van der Waals surface area contributed by atoms with E-state index < -0.39 is 0 Å². The number of carbonyl (C=O) groups is 1. The van der Waals surface area contributed by atoms with Crippen LogP contribution in [0.3, 0.4) is 0 Å². The maximum atomic E-state index is 13.2. The lowest BCUT2D eigenvalue weighted by atomic mass is 9.95. The van der Waals surface area contributed by atoms with Crippen LogP contribution in [0.15, 0.2) is 27.5 Å². The number of hydrogen-bond acceptors (Lipinski definition) is 6. The van der Waals surface area contributed by atoms with Crippen LogP contribution in [0.1, 0.15) is 42.9 Å². The van der Waals surface area contributed by atoms with Gasteiger partial charge in [0.25, 0.3) is 0 Å². The van der Waals surface area contributed by atoms with Gasteiger partial charge in [0.2, 0.25) is 11.2 Å². The van der Waals surface area contributed by atoms with E-state index in [1.807, 2.05) is 11.0 Å². The van der Waals surface area contributed by atoms with Crippen LogP contribution in [0, 0.1) is 0 Å². The zero-order valence-corrected chi connectivity index (χ0v) is 22.1. The number of nitrogens with zero attached hydrogens (tertiary/aromatic N) is 1. The summed E-state index contributed by atoms with van der Waals surface area (Å²) in [5, 5.41) is 3.20. The first-order chi connectivity index (χ1) is 16.9. The van der Waals surface area contributed by atoms with Gasteiger partial charge < -0.3 is 29.2 Å². The topological polar surface area (TPSA) is 86.3 Å². The van der Waals surface area contributed by atoms with Gasteiger partial charge in [0, 0.05) is 18.7 Å². The van der Waals surface area contributed by atoms with Crippen molar-refractivity contribution < 1.29 is 23.7 Å². The fourth-order valence-corrected chi connectivity index (χ4v) is 5.76. The number of benzene rings is 1. The fourth-order valence-electron chi connectivity index (χ4n) is 5.03. The molecular weight excluding hydrogens is 516 g/mol. The highest BCUT2D eigenvalue weighted by molar-refractivity contribution is 9.10. The molecule has 2 aliphatic rings. The Morgan fingerprint density at radius 1 is 0.971 bits per heavy atom. The van der Waals surface area contributed by atoms with Crippen LogP contribution in [0.25, 0.3) is 11.1 Å². The van der Waals surface area contributed by atoms with Gasteiger partial charge in [0.15, 0.2) is 17.2 Å². The Kier molecular flexibility index (Phi) is 7.74. The molecule has 0 saturated carbocycles. The Morgan fingerprint density at radius 2 is 1.66 bits per heavy atom. The number of urea groups is 1. The highest BCUT2D eigenvalue weighted by atomic mass is 79.9. The number of fused-ring (bicyclic) bond motifs is 3. The quantitative estimate of drug-likeness (QED) is 0.585. The van der Waals surface area contributed by atoms with Crippen molar-refractivity contribution in [1.82, 2.24) is 10.2 Å². The van der Waals surface area contributed by atoms with Gasteiger partial charge in [-0.3, -0.25) is 4.79 Å². The summed E-state index contributed by atoms with van der Waals surface area (Å²) in [6, 6.07) is 4.57. The molecule has 2 aromatic rings. The third-order valence-electron chi connectivity index (χ3n) is 6.75. The molecule has 2 aromatic carbocycles. The van der Waals surface area contributed by atoms with Crippen LogP contribution >= 0.6 is 15.9 Å². The van der Waals surface area contributed by atoms with Crippen LogP contribution in [-0.4, -0.2) is 52.5 Å². The number of ether oxygens (including phenoxy) is 4. The third-order valence-corrected chi connectivity index (χ3v) is 7.59. The standard InChI is InChI=1S/C26H31BrN2O6/c1-32-20-11-9-15-17(14-19(20)30)18(28-26(31)29-12-6-5-7-13-29)10-8-16-21(15)23(33-2)25(35-4)24(34-3)22(16)27/h9,11,14,18H,5-8,10,12-13H2,1-4H3,(H,28,31)/t18-/m0/s1. The van der Waals surface area contributed by atoms with E-state index >= 15 is 0 Å². The fraction of sp³-hybridized carbons (Fsp3) is 0.462. The molecule has 188 valence electrons. The maximum absolute atomic E-state index is 13.2. The number of halogens is 1. The average Bonchev–Trinajstić information content (AvgIpc) is 3.13. The van der Waals surface area contributed by atoms with E-state index in [2.05, 4.69) is 21.2 Å². The molecule has 1 fully saturated rings. The number of rotatable bonds is 5. The molecule has 4 rings (SSSR count). The van der Waals surface area contributed by atoms with Crippen molar-refractivity contribution in [3.8, 4) is 34.1 Å². The van der Waals surface area contributed by atoms with E-state index in [9.17, 15) is 9.59 Å². The number of piperidine rings is 1. The monoisotopic (exact) mass is 546 g/mol. The van der Waals surface area contributed by atoms with Crippen LogP contribution < -0.4 is 29.7 Å². The molecule has 0 unspecified atom stereocenters. The minimum atomic E-state index is -0.384. The minimum absolute atomic E-state index is 0.112. The van der Waals surface area contributed by atoms with Gasteiger partial charge in [-0.1, -0.05) is 6.07 Å². The largest absolute Gasteiger partial charge is 0.493 e. The van der Waals surface area contributed by atoms with Crippen molar-refractivity contribution in [2.75, 3.05) is 41.5 Å². The summed E-state index contributed by atoms with van der Waals surface area (Å²) in [4.78, 5) is 28.0. The van der Waals surface area contributed by atoms with Gasteiger partial charge in [0.05, 0.1) is 39.0 Å². The van der Waals surface area contributed by atoms with Gasteiger partial charge in [-0.05, 0) is 76.9 Å². The van der Waals surface area contributed by atoms with Gasteiger partial charge >= 0.3 is 6.03 Å². The average molecular weight is 547 g/mol. The second-order valence-electron chi connectivity index (χ2n) is 8.64. The SMILES string of the molecule is COc1c(Br)c2c(c(OC)c1OC)-c1ccc(OC)c(=O)cc1[C@@H](NC(=O)N1CCCCC1)CC2. The molecule has 2 amide bonds. The first-order valence-electron chi connectivity index (χ1n) is 11.7. The van der Waals surface area contributed by atoms with Crippen molar-refractivity contribution in [3.05, 3.63) is 44.0 Å². The first-order valence-corrected chi connectivity index (χ1v) is 12.5. The summed E-state index contributed by atoms with van der Waals surface area (Å²) in [6.07, 6.45) is 4.34. The summed E-state index contributed by atoms with van der Waals surface area (Å²) < 4.78 is 23.3. The molecule has 0 bridgehead atoms. The molecule has 9 heteroatoms. The highest BCUT2D eigenvalue weighted by Gasteiger charge is 2.33. The van der Waals surface area contributed by atoms with Crippen LogP contribution in [0.4, 0.5) is 4.79 Å². The van der Waals surface area contributed by atoms with E-state index in [0.717, 1.165) is 53.5 Å². The number of amides is 2. The Morgan fingerprint density at radius 3 is 2.29 bits per heavy atom. The predicted molar refractivity (Wildman–Crippen MR) is 137 cm³/mol. The van der Waals surface area contributed by atoms with Crippen molar-refractivity contribution in [3.63, 3.8) is 0 Å². The lowest BCUT2D eigenvalue weighted by molar-refractivity contribution is 0.182. The van der Waals surface area contributed by atoms with E-state index in [0.29, 0.717) is 35.7 Å². The normalized spacial score (nSPS) is 16.9. The molecule has 0 radical (unpaired) electrons. The van der Waals surface area contributed by atoms with Crippen LogP contribution in [-0.2, 0) is 6.42 Å². The van der Waals surface area contributed by atoms with Crippen molar-refractivity contribution >= 4 is 22.0 Å². The van der Waals surface area contributed by atoms with Crippen LogP contribution in [0.2, 0.25) is 0 Å². The molecule has 1 heterocycles. The van der Waals surface area contributed by atoms with Crippen molar-refractivity contribution in [1.29, 1.82) is 0 Å². The second-order valence-corrected chi connectivity index (χ2v) is 9.43. The number of carbonyl (C=O) groups excluding carboxylic acids is 1. The summed E-state index contributed by atoms with van der Waals surface area (Å²) in [6.45, 7) is 1.48. The first kappa shape index (κ1) is 25.2. The molecule has 0 aromatic heterocycles. The predicted octanol–water partition coefficient (Wildman–Crippen LogP) is 4.69. The van der Waals surface area contributed by atoms with Crippen molar-refractivity contribution in [2.45, 2.75) is 38.1 Å². The number of hydrogen-bond donors (Lipinski definition) is 1.